The molecule has 0 spiro atoms. The summed E-state index contributed by atoms with van der Waals surface area (Å²) in [7, 11) is 0. The van der Waals surface area contributed by atoms with Gasteiger partial charge in [0.25, 0.3) is 11.8 Å². The number of urea groups is 2. The minimum absolute atomic E-state index is 0. The van der Waals surface area contributed by atoms with Crippen molar-refractivity contribution in [1.29, 1.82) is 0 Å². The van der Waals surface area contributed by atoms with Crippen molar-refractivity contribution >= 4 is 84.7 Å². The van der Waals surface area contributed by atoms with Crippen molar-refractivity contribution in [3.05, 3.63) is 0 Å². The smallest absolute Gasteiger partial charge is 0.547 e. The van der Waals surface area contributed by atoms with Gasteiger partial charge < -0.3 is 19.8 Å². The van der Waals surface area contributed by atoms with Gasteiger partial charge in [0, 0.05) is 0 Å². The quantitative estimate of drug-likeness (QED) is 0.249. The Balaban J connectivity index is 0.00000242. The molecular formula is C9H6BaN4O8. The largest absolute Gasteiger partial charge is 2.00 e. The number of carboxylic acids is 2. The Hall–Kier alpha value is -1.61. The number of nitrogens with zero attached hydrogens (tertiary/aromatic N) is 2. The van der Waals surface area contributed by atoms with E-state index in [0.29, 0.717) is 9.80 Å². The Morgan fingerprint density at radius 2 is 1.18 bits per heavy atom. The molecule has 0 aromatic carbocycles. The molecule has 0 bridgehead atoms. The monoisotopic (exact) mass is 436 g/mol. The first-order chi connectivity index (χ1) is 9.73. The maximum absolute atomic E-state index is 11.4. The molecule has 2 rings (SSSR count). The normalized spacial score (nSPS) is 24.0. The van der Waals surface area contributed by atoms with E-state index in [9.17, 15) is 39.0 Å². The van der Waals surface area contributed by atoms with Crippen molar-refractivity contribution in [3.63, 3.8) is 0 Å². The second-order valence-corrected chi connectivity index (χ2v) is 4.11. The number of hydrogen-bond donors (Lipinski definition) is 2. The third-order valence-electron chi connectivity index (χ3n) is 2.85. The van der Waals surface area contributed by atoms with Crippen molar-refractivity contribution in [3.8, 4) is 0 Å². The summed E-state index contributed by atoms with van der Waals surface area (Å²) in [4.78, 5) is 67.8. The molecule has 2 N–H and O–H groups in total. The molecule has 6 amide bonds. The third kappa shape index (κ3) is 3.10. The molecule has 2 saturated heterocycles. The van der Waals surface area contributed by atoms with Gasteiger partial charge in [-0.3, -0.25) is 30.0 Å². The minimum Gasteiger partial charge on any atom is -0.547 e. The summed E-state index contributed by atoms with van der Waals surface area (Å²) in [5.74, 6) is -6.24. The number of imide groups is 2. The topological polar surface area (TPSA) is 179 Å². The van der Waals surface area contributed by atoms with Crippen LogP contribution >= 0.6 is 0 Å². The molecule has 0 saturated carbocycles. The molecule has 22 heavy (non-hydrogen) atoms. The first-order valence-electron chi connectivity index (χ1n) is 5.38. The maximum atomic E-state index is 11.4. The van der Waals surface area contributed by atoms with Crippen molar-refractivity contribution in [1.82, 2.24) is 20.4 Å². The SMILES string of the molecule is O=C([O-])C1C(=O)NC(=O)N1CN1C(=O)NC(=O)C1C(=O)[O-].[Ba+2]. The molecule has 2 aliphatic rings. The van der Waals surface area contributed by atoms with E-state index in [0.717, 1.165) is 0 Å². The molecule has 2 aliphatic heterocycles. The van der Waals surface area contributed by atoms with Gasteiger partial charge in [-0.25, -0.2) is 9.59 Å². The summed E-state index contributed by atoms with van der Waals surface area (Å²) in [6, 6.07) is -6.41. The minimum atomic E-state index is -2.04. The summed E-state index contributed by atoms with van der Waals surface area (Å²) in [5, 5.41) is 25.0. The Morgan fingerprint density at radius 1 is 0.864 bits per heavy atom. The van der Waals surface area contributed by atoms with Gasteiger partial charge in [0.1, 0.15) is 6.67 Å². The zero-order chi connectivity index (χ0) is 15.9. The van der Waals surface area contributed by atoms with Gasteiger partial charge in [-0.05, 0) is 0 Å². The Kier molecular flexibility index (Phi) is 5.58. The number of rotatable bonds is 4. The molecule has 12 nitrogen and oxygen atoms in total. The van der Waals surface area contributed by atoms with E-state index in [1.54, 1.807) is 10.6 Å². The van der Waals surface area contributed by atoms with Gasteiger partial charge in [-0.1, -0.05) is 0 Å². The average Bonchev–Trinajstić information content (AvgIpc) is 2.77. The summed E-state index contributed by atoms with van der Waals surface area (Å²) in [6.45, 7) is -0.924. The Bertz CT molecular complexity index is 542. The molecule has 2 heterocycles. The molecule has 2 atom stereocenters. The predicted octanol–water partition coefficient (Wildman–Crippen LogP) is -6.10. The first kappa shape index (κ1) is 18.4. The van der Waals surface area contributed by atoms with Crippen LogP contribution in [0.15, 0.2) is 0 Å². The molecule has 0 aromatic rings. The summed E-state index contributed by atoms with van der Waals surface area (Å²) in [6.07, 6.45) is 0. The second-order valence-electron chi connectivity index (χ2n) is 4.11. The number of hydrogen-bond acceptors (Lipinski definition) is 8. The van der Waals surface area contributed by atoms with E-state index in [1.807, 2.05) is 0 Å². The standard InChI is InChI=1S/C9H8N4O8.Ba/c14-4-2(6(16)17)12(8(20)10-4)1-13-3(7(18)19)5(15)11-9(13)21;/h2-3H,1H2,(H,16,17)(H,18,19)(H,10,14,20)(H,11,15,21);/q;+2/p-2. The Labute approximate surface area is 161 Å². The molecule has 112 valence electrons. The van der Waals surface area contributed by atoms with E-state index in [2.05, 4.69) is 0 Å². The van der Waals surface area contributed by atoms with Crippen LogP contribution in [0.25, 0.3) is 0 Å². The van der Waals surface area contributed by atoms with Gasteiger partial charge in [-0.2, -0.15) is 0 Å². The van der Waals surface area contributed by atoms with E-state index < -0.39 is 54.6 Å². The molecular weight excluding hydrogens is 429 g/mol. The fourth-order valence-corrected chi connectivity index (χ4v) is 1.93. The number of aliphatic carboxylic acids is 2. The average molecular weight is 435 g/mol. The van der Waals surface area contributed by atoms with E-state index in [4.69, 9.17) is 0 Å². The van der Waals surface area contributed by atoms with E-state index in [-0.39, 0.29) is 48.9 Å². The fourth-order valence-electron chi connectivity index (χ4n) is 1.93. The second kappa shape index (κ2) is 6.66. The van der Waals surface area contributed by atoms with Crippen LogP contribution in [0.5, 0.6) is 0 Å². The number of amides is 6. The van der Waals surface area contributed by atoms with Crippen LogP contribution in [-0.4, -0.2) is 113 Å². The van der Waals surface area contributed by atoms with Gasteiger partial charge in [0.05, 0.1) is 11.9 Å². The van der Waals surface area contributed by atoms with Crippen LogP contribution in [0.3, 0.4) is 0 Å². The fraction of sp³-hybridized carbons (Fsp3) is 0.333. The van der Waals surface area contributed by atoms with Crippen LogP contribution in [0.4, 0.5) is 9.59 Å². The molecule has 13 heteroatoms. The number of carbonyl (C=O) groups is 6. The van der Waals surface area contributed by atoms with Gasteiger partial charge in [-0.15, -0.1) is 0 Å². The molecule has 0 aromatic heterocycles. The zero-order valence-electron chi connectivity index (χ0n) is 10.7. The number of carbonyl (C=O) groups excluding carboxylic acids is 6. The van der Waals surface area contributed by atoms with Crippen LogP contribution in [0.1, 0.15) is 0 Å². The first-order valence-corrected chi connectivity index (χ1v) is 5.38. The van der Waals surface area contributed by atoms with Gasteiger partial charge in [0.15, 0.2) is 12.1 Å². The third-order valence-corrected chi connectivity index (χ3v) is 2.85. The van der Waals surface area contributed by atoms with Crippen LogP contribution in [0.2, 0.25) is 0 Å². The molecule has 0 radical (unpaired) electrons. The van der Waals surface area contributed by atoms with E-state index >= 15 is 0 Å². The maximum Gasteiger partial charge on any atom is 2.00 e. The van der Waals surface area contributed by atoms with Crippen molar-refractivity contribution in [2.24, 2.45) is 0 Å². The molecule has 2 unspecified atom stereocenters. The van der Waals surface area contributed by atoms with Crippen LogP contribution in [0, 0.1) is 0 Å². The van der Waals surface area contributed by atoms with Gasteiger partial charge >= 0.3 is 60.9 Å². The summed E-state index contributed by atoms with van der Waals surface area (Å²) < 4.78 is 0. The summed E-state index contributed by atoms with van der Waals surface area (Å²) >= 11 is 0. The molecule has 0 aliphatic carbocycles. The van der Waals surface area contributed by atoms with Crippen molar-refractivity contribution < 1.29 is 39.0 Å². The Morgan fingerprint density at radius 3 is 1.45 bits per heavy atom. The number of nitrogens with one attached hydrogen (secondary N) is 2. The van der Waals surface area contributed by atoms with E-state index in [1.165, 1.54) is 0 Å². The van der Waals surface area contributed by atoms with Crippen molar-refractivity contribution in [2.45, 2.75) is 12.1 Å². The summed E-state index contributed by atoms with van der Waals surface area (Å²) in [5.41, 5.74) is 0. The van der Waals surface area contributed by atoms with Crippen LogP contribution in [-0.2, 0) is 19.2 Å². The van der Waals surface area contributed by atoms with Crippen molar-refractivity contribution in [2.75, 3.05) is 6.67 Å². The van der Waals surface area contributed by atoms with Crippen LogP contribution < -0.4 is 20.8 Å². The number of carboxylic acid groups (broad SMARTS) is 2. The molecule has 2 fully saturated rings. The van der Waals surface area contributed by atoms with Gasteiger partial charge in [0.2, 0.25) is 0 Å². The predicted molar refractivity (Wildman–Crippen MR) is 59.0 cm³/mol. The zero-order valence-corrected chi connectivity index (χ0v) is 15.2.